The van der Waals surface area contributed by atoms with E-state index < -0.39 is 0 Å². The zero-order valence-electron chi connectivity index (χ0n) is 14.2. The van der Waals surface area contributed by atoms with Crippen LogP contribution in [0.2, 0.25) is 5.02 Å². The predicted octanol–water partition coefficient (Wildman–Crippen LogP) is 5.14. The molecule has 26 heavy (non-hydrogen) atoms. The number of rotatable bonds is 5. The van der Waals surface area contributed by atoms with Crippen LogP contribution >= 0.6 is 23.4 Å². The van der Waals surface area contributed by atoms with Gasteiger partial charge in [-0.25, -0.2) is 9.97 Å². The molecule has 0 aliphatic heterocycles. The fourth-order valence-corrected chi connectivity index (χ4v) is 2.87. The van der Waals surface area contributed by atoms with E-state index in [0.717, 1.165) is 11.3 Å². The van der Waals surface area contributed by atoms with E-state index in [1.165, 1.54) is 11.8 Å². The Morgan fingerprint density at radius 2 is 1.92 bits per heavy atom. The highest BCUT2D eigenvalue weighted by Crippen LogP contribution is 2.31. The van der Waals surface area contributed by atoms with E-state index in [9.17, 15) is 5.26 Å². The second kappa shape index (κ2) is 8.09. The maximum Gasteiger partial charge on any atom is 0.189 e. The Kier molecular flexibility index (Phi) is 5.61. The van der Waals surface area contributed by atoms with Crippen molar-refractivity contribution in [1.29, 1.82) is 5.26 Å². The summed E-state index contributed by atoms with van der Waals surface area (Å²) in [7, 11) is 1.61. The number of ether oxygens (including phenoxy) is 1. The third-order valence-corrected chi connectivity index (χ3v) is 4.43. The maximum atomic E-state index is 9.73. The molecule has 0 bridgehead atoms. The number of hydrogen-bond acceptors (Lipinski definition) is 6. The molecule has 0 aliphatic rings. The number of aromatic nitrogens is 2. The number of benzene rings is 2. The van der Waals surface area contributed by atoms with Crippen LogP contribution in [0.1, 0.15) is 5.56 Å². The molecular formula is C19H15ClN4OS. The molecule has 3 aromatic rings. The Balaban J connectivity index is 2.10. The lowest BCUT2D eigenvalue weighted by Crippen LogP contribution is -2.03. The summed E-state index contributed by atoms with van der Waals surface area (Å²) in [5.74, 6) is 1.16. The minimum absolute atomic E-state index is 0.368. The van der Waals surface area contributed by atoms with E-state index in [4.69, 9.17) is 16.3 Å². The molecule has 1 aromatic heterocycles. The molecule has 0 saturated carbocycles. The first-order valence-corrected chi connectivity index (χ1v) is 9.28. The number of nitrogens with one attached hydrogen (secondary N) is 1. The summed E-state index contributed by atoms with van der Waals surface area (Å²) >= 11 is 7.38. The van der Waals surface area contributed by atoms with Crippen LogP contribution in [0.4, 0.5) is 11.5 Å². The summed E-state index contributed by atoms with van der Waals surface area (Å²) in [6, 6.07) is 16.9. The summed E-state index contributed by atoms with van der Waals surface area (Å²) < 4.78 is 5.24. The number of hydrogen-bond donors (Lipinski definition) is 1. The Morgan fingerprint density at radius 3 is 2.58 bits per heavy atom. The van der Waals surface area contributed by atoms with Gasteiger partial charge in [0.1, 0.15) is 17.4 Å². The van der Waals surface area contributed by atoms with Crippen LogP contribution in [0, 0.1) is 11.3 Å². The molecule has 0 unspecified atom stereocenters. The standard InChI is InChI=1S/C19H15ClN4OS/c1-25-15-5-3-4-14(10-15)22-18-16(11-21)17(23-19(24-18)26-2)12-6-8-13(20)9-7-12/h3-10H,1-2H3,(H,22,23,24). The zero-order chi connectivity index (χ0) is 18.5. The van der Waals surface area contributed by atoms with Crippen LogP contribution in [-0.4, -0.2) is 23.3 Å². The van der Waals surface area contributed by atoms with Gasteiger partial charge in [-0.3, -0.25) is 0 Å². The number of anilines is 2. The highest BCUT2D eigenvalue weighted by molar-refractivity contribution is 7.98. The van der Waals surface area contributed by atoms with Gasteiger partial charge >= 0.3 is 0 Å². The van der Waals surface area contributed by atoms with Crippen LogP contribution in [0.25, 0.3) is 11.3 Å². The topological polar surface area (TPSA) is 70.8 Å². The van der Waals surface area contributed by atoms with Gasteiger partial charge in [0, 0.05) is 22.3 Å². The first-order chi connectivity index (χ1) is 12.6. The largest absolute Gasteiger partial charge is 0.497 e. The van der Waals surface area contributed by atoms with Crippen molar-refractivity contribution in [3.05, 3.63) is 59.1 Å². The highest BCUT2D eigenvalue weighted by atomic mass is 35.5. The smallest absolute Gasteiger partial charge is 0.189 e. The normalized spacial score (nSPS) is 10.2. The minimum atomic E-state index is 0.368. The molecule has 5 nitrogen and oxygen atoms in total. The average molecular weight is 383 g/mol. The first-order valence-electron chi connectivity index (χ1n) is 7.67. The quantitative estimate of drug-likeness (QED) is 0.486. The molecule has 7 heteroatoms. The lowest BCUT2D eigenvalue weighted by atomic mass is 10.1. The second-order valence-corrected chi connectivity index (χ2v) is 6.47. The molecule has 2 aromatic carbocycles. The molecule has 0 radical (unpaired) electrons. The van der Waals surface area contributed by atoms with Crippen molar-refractivity contribution in [3.8, 4) is 23.1 Å². The van der Waals surface area contributed by atoms with Crippen LogP contribution in [0.3, 0.4) is 0 Å². The summed E-state index contributed by atoms with van der Waals surface area (Å²) in [5, 5.41) is 14.1. The molecule has 0 atom stereocenters. The van der Waals surface area contributed by atoms with Gasteiger partial charge in [-0.2, -0.15) is 5.26 Å². The third-order valence-electron chi connectivity index (χ3n) is 3.63. The van der Waals surface area contributed by atoms with Gasteiger partial charge in [0.25, 0.3) is 0 Å². The number of nitriles is 1. The van der Waals surface area contributed by atoms with Crippen molar-refractivity contribution in [2.24, 2.45) is 0 Å². The summed E-state index contributed by atoms with van der Waals surface area (Å²) in [6.07, 6.45) is 1.89. The van der Waals surface area contributed by atoms with E-state index in [1.54, 1.807) is 19.2 Å². The van der Waals surface area contributed by atoms with Crippen molar-refractivity contribution in [1.82, 2.24) is 9.97 Å². The first kappa shape index (κ1) is 18.1. The third kappa shape index (κ3) is 3.90. The predicted molar refractivity (Wildman–Crippen MR) is 105 cm³/mol. The second-order valence-electron chi connectivity index (χ2n) is 5.26. The van der Waals surface area contributed by atoms with Crippen LogP contribution in [0.5, 0.6) is 5.75 Å². The number of methoxy groups -OCH3 is 1. The maximum absolute atomic E-state index is 9.73. The highest BCUT2D eigenvalue weighted by Gasteiger charge is 2.16. The van der Waals surface area contributed by atoms with Crippen molar-refractivity contribution in [2.45, 2.75) is 5.16 Å². The Labute approximate surface area is 161 Å². The van der Waals surface area contributed by atoms with Gasteiger partial charge in [0.2, 0.25) is 0 Å². The van der Waals surface area contributed by atoms with Crippen molar-refractivity contribution in [3.63, 3.8) is 0 Å². The van der Waals surface area contributed by atoms with Crippen LogP contribution in [0.15, 0.2) is 53.7 Å². The van der Waals surface area contributed by atoms with E-state index in [2.05, 4.69) is 21.4 Å². The van der Waals surface area contributed by atoms with Gasteiger partial charge in [-0.05, 0) is 30.5 Å². The van der Waals surface area contributed by atoms with Gasteiger partial charge in [0.05, 0.1) is 12.8 Å². The van der Waals surface area contributed by atoms with Crippen molar-refractivity contribution < 1.29 is 4.74 Å². The fourth-order valence-electron chi connectivity index (χ4n) is 2.38. The molecule has 3 rings (SSSR count). The summed E-state index contributed by atoms with van der Waals surface area (Å²) in [4.78, 5) is 8.99. The van der Waals surface area contributed by atoms with E-state index in [-0.39, 0.29) is 0 Å². The fraction of sp³-hybridized carbons (Fsp3) is 0.105. The monoisotopic (exact) mass is 382 g/mol. The summed E-state index contributed by atoms with van der Waals surface area (Å²) in [6.45, 7) is 0. The molecule has 1 heterocycles. The Bertz CT molecular complexity index is 970. The molecule has 0 fully saturated rings. The average Bonchev–Trinajstić information content (AvgIpc) is 2.68. The molecule has 0 aliphatic carbocycles. The SMILES string of the molecule is COc1cccc(Nc2nc(SC)nc(-c3ccc(Cl)cc3)c2C#N)c1. The molecule has 0 spiro atoms. The lowest BCUT2D eigenvalue weighted by Gasteiger charge is -2.13. The van der Waals surface area contributed by atoms with E-state index >= 15 is 0 Å². The van der Waals surface area contributed by atoms with E-state index in [1.807, 2.05) is 42.7 Å². The van der Waals surface area contributed by atoms with Gasteiger partial charge < -0.3 is 10.1 Å². The summed E-state index contributed by atoms with van der Waals surface area (Å²) in [5.41, 5.74) is 2.51. The van der Waals surface area contributed by atoms with Crippen LogP contribution < -0.4 is 10.1 Å². The molecule has 0 saturated heterocycles. The van der Waals surface area contributed by atoms with Crippen LogP contribution in [-0.2, 0) is 0 Å². The molecular weight excluding hydrogens is 368 g/mol. The Hall–Kier alpha value is -2.75. The zero-order valence-corrected chi connectivity index (χ0v) is 15.7. The van der Waals surface area contributed by atoms with Crippen molar-refractivity contribution in [2.75, 3.05) is 18.7 Å². The van der Waals surface area contributed by atoms with Gasteiger partial charge in [0.15, 0.2) is 11.0 Å². The minimum Gasteiger partial charge on any atom is -0.497 e. The van der Waals surface area contributed by atoms with E-state index in [0.29, 0.717) is 33.0 Å². The van der Waals surface area contributed by atoms with Gasteiger partial charge in [-0.15, -0.1) is 0 Å². The number of thioether (sulfide) groups is 1. The van der Waals surface area contributed by atoms with Crippen molar-refractivity contribution >= 4 is 34.9 Å². The Morgan fingerprint density at radius 1 is 1.15 bits per heavy atom. The number of nitrogens with zero attached hydrogens (tertiary/aromatic N) is 3. The molecule has 130 valence electrons. The van der Waals surface area contributed by atoms with Gasteiger partial charge in [-0.1, -0.05) is 41.6 Å². The molecule has 1 N–H and O–H groups in total. The number of halogens is 1. The molecule has 0 amide bonds. The lowest BCUT2D eigenvalue weighted by molar-refractivity contribution is 0.415.